The smallest absolute Gasteiger partial charge is 0.459 e. The third-order valence-electron chi connectivity index (χ3n) is 3.40. The van der Waals surface area contributed by atoms with Crippen LogP contribution in [0.2, 0.25) is 0 Å². The fourth-order valence-corrected chi connectivity index (χ4v) is 1.92. The van der Waals surface area contributed by atoms with E-state index in [4.69, 9.17) is 5.11 Å². The van der Waals surface area contributed by atoms with Crippen LogP contribution in [0.5, 0.6) is 0 Å². The lowest BCUT2D eigenvalue weighted by atomic mass is 10.1. The average Bonchev–Trinajstić information content (AvgIpc) is 3.01. The summed E-state index contributed by atoms with van der Waals surface area (Å²) in [5, 5.41) is 12.5. The molecule has 142 valence electrons. The van der Waals surface area contributed by atoms with Gasteiger partial charge in [0.2, 0.25) is 0 Å². The summed E-state index contributed by atoms with van der Waals surface area (Å²) in [6.07, 6.45) is -7.29. The number of alkyl halides is 7. The van der Waals surface area contributed by atoms with Gasteiger partial charge in [-0.2, -0.15) is 35.8 Å². The summed E-state index contributed by atoms with van der Waals surface area (Å²) in [5.74, 6) is -12.7. The molecule has 0 saturated heterocycles. The van der Waals surface area contributed by atoms with Gasteiger partial charge in [-0.15, -0.1) is 0 Å². The molecular formula is C14H10F7N3O2. The number of nitrogens with zero attached hydrogens (tertiary/aromatic N) is 3. The summed E-state index contributed by atoms with van der Waals surface area (Å²) in [4.78, 5) is 14.5. The second-order valence-corrected chi connectivity index (χ2v) is 5.24. The SMILES string of the molecule is O=C(O)c1ccc(-c2ncn(CCC(F)(F)C(F)(F)C(F)(F)F)n2)cc1. The van der Waals surface area contributed by atoms with Crippen molar-refractivity contribution in [1.82, 2.24) is 14.8 Å². The van der Waals surface area contributed by atoms with Crippen LogP contribution in [0.1, 0.15) is 16.8 Å². The van der Waals surface area contributed by atoms with Crippen molar-refractivity contribution >= 4 is 5.97 Å². The van der Waals surface area contributed by atoms with Crippen LogP contribution in [0.25, 0.3) is 11.4 Å². The lowest BCUT2D eigenvalue weighted by molar-refractivity contribution is -0.356. The number of carboxylic acid groups (broad SMARTS) is 1. The van der Waals surface area contributed by atoms with Gasteiger partial charge in [0.1, 0.15) is 6.33 Å². The van der Waals surface area contributed by atoms with Crippen molar-refractivity contribution in [2.24, 2.45) is 0 Å². The molecule has 0 spiro atoms. The topological polar surface area (TPSA) is 68.0 Å². The molecule has 0 radical (unpaired) electrons. The number of carboxylic acids is 1. The van der Waals surface area contributed by atoms with E-state index in [-0.39, 0.29) is 11.4 Å². The molecule has 0 atom stereocenters. The average molecular weight is 385 g/mol. The number of halogens is 7. The Labute approximate surface area is 141 Å². The Morgan fingerprint density at radius 3 is 2.12 bits per heavy atom. The molecule has 0 saturated carbocycles. The molecular weight excluding hydrogens is 375 g/mol. The van der Waals surface area contributed by atoms with E-state index in [1.165, 1.54) is 24.3 Å². The maximum absolute atomic E-state index is 13.2. The number of aromatic nitrogens is 3. The molecule has 0 bridgehead atoms. The molecule has 0 aliphatic rings. The molecule has 1 heterocycles. The number of benzene rings is 1. The molecule has 0 fully saturated rings. The summed E-state index contributed by atoms with van der Waals surface area (Å²) >= 11 is 0. The minimum absolute atomic E-state index is 0.0257. The van der Waals surface area contributed by atoms with Gasteiger partial charge in [-0.25, -0.2) is 9.78 Å². The largest absolute Gasteiger partial charge is 0.478 e. The van der Waals surface area contributed by atoms with Crippen LogP contribution in [0, 0.1) is 0 Å². The summed E-state index contributed by atoms with van der Waals surface area (Å²) < 4.78 is 89.0. The van der Waals surface area contributed by atoms with Crippen LogP contribution in [0.4, 0.5) is 30.7 Å². The molecule has 0 unspecified atom stereocenters. The first-order valence-corrected chi connectivity index (χ1v) is 6.91. The van der Waals surface area contributed by atoms with Crippen molar-refractivity contribution in [3.05, 3.63) is 36.2 Å². The van der Waals surface area contributed by atoms with Crippen molar-refractivity contribution in [3.63, 3.8) is 0 Å². The number of hydrogen-bond donors (Lipinski definition) is 1. The second-order valence-electron chi connectivity index (χ2n) is 5.24. The first kappa shape index (κ1) is 19.7. The molecule has 0 amide bonds. The van der Waals surface area contributed by atoms with E-state index in [0.29, 0.717) is 10.2 Å². The van der Waals surface area contributed by atoms with Gasteiger partial charge in [0.05, 0.1) is 5.56 Å². The number of hydrogen-bond acceptors (Lipinski definition) is 3. The van der Waals surface area contributed by atoms with Crippen LogP contribution in [0.3, 0.4) is 0 Å². The second kappa shape index (κ2) is 6.57. The molecule has 1 N–H and O–H groups in total. The van der Waals surface area contributed by atoms with Crippen LogP contribution in [-0.4, -0.2) is 43.9 Å². The lowest BCUT2D eigenvalue weighted by Crippen LogP contribution is -2.52. The van der Waals surface area contributed by atoms with Gasteiger partial charge >= 0.3 is 24.0 Å². The van der Waals surface area contributed by atoms with Gasteiger partial charge in [-0.05, 0) is 12.1 Å². The van der Waals surface area contributed by atoms with Crippen LogP contribution in [-0.2, 0) is 6.54 Å². The number of carbonyl (C=O) groups is 1. The molecule has 1 aromatic heterocycles. The van der Waals surface area contributed by atoms with Gasteiger partial charge in [0.25, 0.3) is 0 Å². The van der Waals surface area contributed by atoms with Crippen LogP contribution < -0.4 is 0 Å². The standard InChI is InChI=1S/C14H10F7N3O2/c15-12(16,13(17,18)14(19,20)21)5-6-24-7-22-10(23-24)8-1-3-9(4-2-8)11(25)26/h1-4,7H,5-6H2,(H,25,26). The maximum Gasteiger partial charge on any atom is 0.459 e. The Morgan fingerprint density at radius 1 is 1.04 bits per heavy atom. The molecule has 0 aliphatic carbocycles. The van der Waals surface area contributed by atoms with Gasteiger partial charge in [-0.1, -0.05) is 12.1 Å². The monoisotopic (exact) mass is 385 g/mol. The van der Waals surface area contributed by atoms with E-state index in [1.807, 2.05) is 0 Å². The molecule has 2 rings (SSSR count). The van der Waals surface area contributed by atoms with Gasteiger partial charge in [-0.3, -0.25) is 4.68 Å². The summed E-state index contributed by atoms with van der Waals surface area (Å²) in [5.41, 5.74) is 0.281. The van der Waals surface area contributed by atoms with Crippen molar-refractivity contribution < 1.29 is 40.6 Å². The number of rotatable bonds is 6. The van der Waals surface area contributed by atoms with Crippen LogP contribution in [0.15, 0.2) is 30.6 Å². The van der Waals surface area contributed by atoms with E-state index in [0.717, 1.165) is 6.33 Å². The number of aryl methyl sites for hydroxylation is 1. The first-order chi connectivity index (χ1) is 11.8. The van der Waals surface area contributed by atoms with E-state index in [1.54, 1.807) is 0 Å². The van der Waals surface area contributed by atoms with E-state index < -0.39 is 37.0 Å². The predicted octanol–water partition coefficient (Wildman–Crippen LogP) is 3.87. The predicted molar refractivity (Wildman–Crippen MR) is 73.0 cm³/mol. The molecule has 26 heavy (non-hydrogen) atoms. The van der Waals surface area contributed by atoms with Crippen molar-refractivity contribution in [2.45, 2.75) is 31.0 Å². The summed E-state index contributed by atoms with van der Waals surface area (Å²) in [6.45, 7) is -0.932. The van der Waals surface area contributed by atoms with Gasteiger partial charge in [0, 0.05) is 18.5 Å². The Kier molecular flexibility index (Phi) is 4.97. The fraction of sp³-hybridized carbons (Fsp3) is 0.357. The van der Waals surface area contributed by atoms with E-state index in [9.17, 15) is 35.5 Å². The quantitative estimate of drug-likeness (QED) is 0.767. The van der Waals surface area contributed by atoms with Gasteiger partial charge < -0.3 is 5.11 Å². The zero-order chi connectivity index (χ0) is 19.8. The minimum Gasteiger partial charge on any atom is -0.478 e. The summed E-state index contributed by atoms with van der Waals surface area (Å²) in [7, 11) is 0. The third kappa shape index (κ3) is 3.78. The molecule has 0 aliphatic heterocycles. The zero-order valence-corrected chi connectivity index (χ0v) is 12.6. The third-order valence-corrected chi connectivity index (χ3v) is 3.40. The highest BCUT2D eigenvalue weighted by molar-refractivity contribution is 5.88. The minimum atomic E-state index is -6.38. The molecule has 2 aromatic rings. The highest BCUT2D eigenvalue weighted by Gasteiger charge is 2.72. The Hall–Kier alpha value is -2.66. The molecule has 12 heteroatoms. The highest BCUT2D eigenvalue weighted by Crippen LogP contribution is 2.48. The maximum atomic E-state index is 13.2. The lowest BCUT2D eigenvalue weighted by Gasteiger charge is -2.27. The normalized spacial score (nSPS) is 13.0. The first-order valence-electron chi connectivity index (χ1n) is 6.91. The summed E-state index contributed by atoms with van der Waals surface area (Å²) in [6, 6.07) is 5.12. The van der Waals surface area contributed by atoms with E-state index >= 15 is 0 Å². The fourth-order valence-electron chi connectivity index (χ4n) is 1.92. The Balaban J connectivity index is 2.10. The van der Waals surface area contributed by atoms with Crippen LogP contribution >= 0.6 is 0 Å². The highest BCUT2D eigenvalue weighted by atomic mass is 19.4. The Morgan fingerprint density at radius 2 is 1.62 bits per heavy atom. The van der Waals surface area contributed by atoms with Gasteiger partial charge in [0.15, 0.2) is 5.82 Å². The van der Waals surface area contributed by atoms with Crippen molar-refractivity contribution in [2.75, 3.05) is 0 Å². The van der Waals surface area contributed by atoms with E-state index in [2.05, 4.69) is 10.1 Å². The molecule has 5 nitrogen and oxygen atoms in total. The number of aromatic carboxylic acids is 1. The molecule has 1 aromatic carbocycles. The van der Waals surface area contributed by atoms with Crippen molar-refractivity contribution in [1.29, 1.82) is 0 Å². The Bertz CT molecular complexity index is 785. The zero-order valence-electron chi connectivity index (χ0n) is 12.6. The van der Waals surface area contributed by atoms with Crippen molar-refractivity contribution in [3.8, 4) is 11.4 Å².